The number of hydrogen-bond acceptors (Lipinski definition) is 4. The Labute approximate surface area is 91.2 Å². The largest absolute Gasteiger partial charge is 0.383 e. The van der Waals surface area contributed by atoms with E-state index in [1.165, 1.54) is 0 Å². The number of carbonyl (C=O) groups excluding carboxylic acids is 1. The molecular weight excluding hydrogens is 194 g/mol. The predicted molar refractivity (Wildman–Crippen MR) is 58.5 cm³/mol. The van der Waals surface area contributed by atoms with Gasteiger partial charge in [-0.15, -0.1) is 0 Å². The maximum Gasteiger partial charge on any atom is 0.239 e. The first-order valence-corrected chi connectivity index (χ1v) is 5.38. The van der Waals surface area contributed by atoms with E-state index in [1.54, 1.807) is 12.0 Å². The highest BCUT2D eigenvalue weighted by Crippen LogP contribution is 2.15. The van der Waals surface area contributed by atoms with Gasteiger partial charge in [0, 0.05) is 40.3 Å². The van der Waals surface area contributed by atoms with E-state index >= 15 is 0 Å². The summed E-state index contributed by atoms with van der Waals surface area (Å²) in [6.07, 6.45) is 0.902. The van der Waals surface area contributed by atoms with Crippen molar-refractivity contribution in [2.75, 3.05) is 46.9 Å². The summed E-state index contributed by atoms with van der Waals surface area (Å²) in [5.74, 6) is 0.208. The van der Waals surface area contributed by atoms with Crippen molar-refractivity contribution in [3.05, 3.63) is 0 Å². The van der Waals surface area contributed by atoms with E-state index in [0.717, 1.165) is 26.1 Å². The maximum absolute atomic E-state index is 11.8. The number of ether oxygens (including phenoxy) is 1. The molecule has 1 heterocycles. The van der Waals surface area contributed by atoms with E-state index in [0.29, 0.717) is 13.2 Å². The van der Waals surface area contributed by atoms with Crippen molar-refractivity contribution in [3.8, 4) is 0 Å². The Kier molecular flexibility index (Phi) is 5.01. The van der Waals surface area contributed by atoms with Gasteiger partial charge in [0.2, 0.25) is 5.91 Å². The summed E-state index contributed by atoms with van der Waals surface area (Å²) in [5, 5.41) is 0. The lowest BCUT2D eigenvalue weighted by Gasteiger charge is -2.26. The first-order valence-electron chi connectivity index (χ1n) is 5.38. The Morgan fingerprint density at radius 2 is 2.33 bits per heavy atom. The van der Waals surface area contributed by atoms with Crippen molar-refractivity contribution in [2.45, 2.75) is 12.5 Å². The van der Waals surface area contributed by atoms with Crippen molar-refractivity contribution in [1.82, 2.24) is 9.80 Å². The molecule has 0 saturated carbocycles. The minimum absolute atomic E-state index is 0.00806. The SMILES string of the molecule is COCCN(CCN)C1CCN(C)C1=O. The molecule has 15 heavy (non-hydrogen) atoms. The molecule has 1 atom stereocenters. The number of likely N-dealkylation sites (N-methyl/N-ethyl adjacent to an activating group) is 1. The minimum atomic E-state index is 0.00806. The molecule has 0 aliphatic carbocycles. The van der Waals surface area contributed by atoms with E-state index in [9.17, 15) is 4.79 Å². The fraction of sp³-hybridized carbons (Fsp3) is 0.900. The van der Waals surface area contributed by atoms with Gasteiger partial charge in [0.05, 0.1) is 12.6 Å². The molecule has 1 saturated heterocycles. The maximum atomic E-state index is 11.8. The third kappa shape index (κ3) is 3.15. The van der Waals surface area contributed by atoms with Gasteiger partial charge in [-0.3, -0.25) is 9.69 Å². The number of methoxy groups -OCH3 is 1. The van der Waals surface area contributed by atoms with Crippen molar-refractivity contribution < 1.29 is 9.53 Å². The zero-order valence-corrected chi connectivity index (χ0v) is 9.61. The average Bonchev–Trinajstić information content (AvgIpc) is 2.55. The Bertz CT molecular complexity index is 211. The van der Waals surface area contributed by atoms with Gasteiger partial charge in [-0.25, -0.2) is 0 Å². The van der Waals surface area contributed by atoms with Crippen LogP contribution >= 0.6 is 0 Å². The molecule has 2 N–H and O–H groups in total. The molecule has 88 valence electrons. The summed E-state index contributed by atoms with van der Waals surface area (Å²) < 4.78 is 5.03. The molecule has 0 aromatic carbocycles. The number of amides is 1. The Hall–Kier alpha value is -0.650. The van der Waals surface area contributed by atoms with Crippen LogP contribution in [-0.4, -0.2) is 68.7 Å². The lowest BCUT2D eigenvalue weighted by molar-refractivity contribution is -0.131. The highest BCUT2D eigenvalue weighted by molar-refractivity contribution is 5.83. The van der Waals surface area contributed by atoms with Gasteiger partial charge in [-0.2, -0.15) is 0 Å². The summed E-state index contributed by atoms with van der Waals surface area (Å²) in [4.78, 5) is 15.7. The zero-order chi connectivity index (χ0) is 11.3. The number of rotatable bonds is 6. The number of nitrogens with two attached hydrogens (primary N) is 1. The fourth-order valence-electron chi connectivity index (χ4n) is 1.94. The van der Waals surface area contributed by atoms with E-state index in [2.05, 4.69) is 4.90 Å². The zero-order valence-electron chi connectivity index (χ0n) is 9.61. The van der Waals surface area contributed by atoms with Gasteiger partial charge in [-0.05, 0) is 6.42 Å². The highest BCUT2D eigenvalue weighted by atomic mass is 16.5. The van der Waals surface area contributed by atoms with Crippen LogP contribution in [0.15, 0.2) is 0 Å². The molecule has 1 aliphatic heterocycles. The Morgan fingerprint density at radius 3 is 2.80 bits per heavy atom. The summed E-state index contributed by atoms with van der Waals surface area (Å²) in [6, 6.07) is 0.00806. The van der Waals surface area contributed by atoms with Gasteiger partial charge in [0.1, 0.15) is 0 Å². The second kappa shape index (κ2) is 6.05. The van der Waals surface area contributed by atoms with Crippen LogP contribution in [0, 0.1) is 0 Å². The smallest absolute Gasteiger partial charge is 0.239 e. The van der Waals surface area contributed by atoms with Gasteiger partial charge < -0.3 is 15.4 Å². The molecule has 0 bridgehead atoms. The van der Waals surface area contributed by atoms with Crippen LogP contribution in [0.1, 0.15) is 6.42 Å². The first-order chi connectivity index (χ1) is 7.20. The second-order valence-electron chi connectivity index (χ2n) is 3.88. The van der Waals surface area contributed by atoms with Crippen LogP contribution in [0.25, 0.3) is 0 Å². The van der Waals surface area contributed by atoms with E-state index in [4.69, 9.17) is 10.5 Å². The molecule has 1 fully saturated rings. The lowest BCUT2D eigenvalue weighted by atomic mass is 10.2. The lowest BCUT2D eigenvalue weighted by Crippen LogP contribution is -2.44. The topological polar surface area (TPSA) is 58.8 Å². The van der Waals surface area contributed by atoms with Crippen molar-refractivity contribution >= 4 is 5.91 Å². The molecule has 0 radical (unpaired) electrons. The van der Waals surface area contributed by atoms with Gasteiger partial charge >= 0.3 is 0 Å². The van der Waals surface area contributed by atoms with E-state index < -0.39 is 0 Å². The van der Waals surface area contributed by atoms with Gasteiger partial charge in [0.25, 0.3) is 0 Å². The monoisotopic (exact) mass is 215 g/mol. The molecular formula is C10H21N3O2. The van der Waals surface area contributed by atoms with Crippen LogP contribution in [-0.2, 0) is 9.53 Å². The van der Waals surface area contributed by atoms with Crippen molar-refractivity contribution in [1.29, 1.82) is 0 Å². The average molecular weight is 215 g/mol. The first kappa shape index (κ1) is 12.4. The standard InChI is InChI=1S/C10H21N3O2/c1-12-5-3-9(10(12)14)13(6-4-11)7-8-15-2/h9H,3-8,11H2,1-2H3. The summed E-state index contributed by atoms with van der Waals surface area (Å²) in [6.45, 7) is 3.60. The van der Waals surface area contributed by atoms with Gasteiger partial charge in [0.15, 0.2) is 0 Å². The van der Waals surface area contributed by atoms with Crippen LogP contribution in [0.4, 0.5) is 0 Å². The van der Waals surface area contributed by atoms with Crippen LogP contribution in [0.5, 0.6) is 0 Å². The Morgan fingerprint density at radius 1 is 1.60 bits per heavy atom. The molecule has 1 amide bonds. The van der Waals surface area contributed by atoms with E-state index in [1.807, 2.05) is 7.05 Å². The van der Waals surface area contributed by atoms with Gasteiger partial charge in [-0.1, -0.05) is 0 Å². The minimum Gasteiger partial charge on any atom is -0.383 e. The third-order valence-electron chi connectivity index (χ3n) is 2.84. The van der Waals surface area contributed by atoms with Crippen LogP contribution < -0.4 is 5.73 Å². The van der Waals surface area contributed by atoms with Crippen LogP contribution in [0.2, 0.25) is 0 Å². The molecule has 0 aromatic rings. The summed E-state index contributed by atoms with van der Waals surface area (Å²) >= 11 is 0. The highest BCUT2D eigenvalue weighted by Gasteiger charge is 2.33. The molecule has 5 heteroatoms. The number of carbonyl (C=O) groups is 1. The Balaban J connectivity index is 2.51. The third-order valence-corrected chi connectivity index (χ3v) is 2.84. The second-order valence-corrected chi connectivity index (χ2v) is 3.88. The van der Waals surface area contributed by atoms with E-state index in [-0.39, 0.29) is 11.9 Å². The normalized spacial score (nSPS) is 21.7. The van der Waals surface area contributed by atoms with Crippen molar-refractivity contribution in [2.24, 2.45) is 5.73 Å². The summed E-state index contributed by atoms with van der Waals surface area (Å²) in [5.41, 5.74) is 5.54. The predicted octanol–water partition coefficient (Wildman–Crippen LogP) is -0.876. The molecule has 1 aliphatic rings. The van der Waals surface area contributed by atoms with Crippen LogP contribution in [0.3, 0.4) is 0 Å². The number of likely N-dealkylation sites (tertiary alicyclic amines) is 1. The number of hydrogen-bond donors (Lipinski definition) is 1. The number of nitrogens with zero attached hydrogens (tertiary/aromatic N) is 2. The molecule has 1 unspecified atom stereocenters. The molecule has 1 rings (SSSR count). The van der Waals surface area contributed by atoms with Crippen molar-refractivity contribution in [3.63, 3.8) is 0 Å². The molecule has 0 aromatic heterocycles. The summed E-state index contributed by atoms with van der Waals surface area (Å²) in [7, 11) is 3.52. The molecule has 5 nitrogen and oxygen atoms in total. The fourth-order valence-corrected chi connectivity index (χ4v) is 1.94. The quantitative estimate of drug-likeness (QED) is 0.625. The molecule has 0 spiro atoms.